The molecule has 0 atom stereocenters. The maximum absolute atomic E-state index is 12.4. The van der Waals surface area contributed by atoms with Crippen LogP contribution in [0.2, 0.25) is 0 Å². The number of piperidine rings is 1. The Morgan fingerprint density at radius 1 is 1.33 bits per heavy atom. The zero-order valence-electron chi connectivity index (χ0n) is 13.1. The Balaban J connectivity index is 1.88. The Labute approximate surface area is 138 Å². The maximum atomic E-state index is 12.4. The van der Waals surface area contributed by atoms with Crippen LogP contribution in [0.15, 0.2) is 16.5 Å². The van der Waals surface area contributed by atoms with Gasteiger partial charge in [-0.1, -0.05) is 0 Å². The van der Waals surface area contributed by atoms with Gasteiger partial charge in [0.25, 0.3) is 5.91 Å². The third-order valence-electron chi connectivity index (χ3n) is 3.80. The molecule has 1 aliphatic rings. The minimum absolute atomic E-state index is 0.0505. The number of alkyl halides is 3. The van der Waals surface area contributed by atoms with E-state index in [1.807, 2.05) is 0 Å². The first-order valence-electron chi connectivity index (χ1n) is 7.43. The number of halogens is 3. The quantitative estimate of drug-likeness (QED) is 0.864. The summed E-state index contributed by atoms with van der Waals surface area (Å²) in [4.78, 5) is 13.7. The van der Waals surface area contributed by atoms with E-state index in [2.05, 4.69) is 4.72 Å². The number of sulfonamides is 1. The maximum Gasteiger partial charge on any atom is 0.389 e. The van der Waals surface area contributed by atoms with Crippen molar-refractivity contribution in [3.63, 3.8) is 0 Å². The van der Waals surface area contributed by atoms with Crippen molar-refractivity contribution < 1.29 is 30.8 Å². The average Bonchev–Trinajstić information content (AvgIpc) is 2.92. The van der Waals surface area contributed by atoms with Crippen LogP contribution >= 0.6 is 0 Å². The standard InChI is InChI=1S/C14H19F3N2O4S/c1-24(21,22)18-9-11-2-3-12(23-11)13(20)19-6-4-10(5-7-19)8-14(15,16)17/h2-3,10,18H,4-9H2,1H3. The van der Waals surface area contributed by atoms with Gasteiger partial charge in [0.2, 0.25) is 10.0 Å². The molecule has 0 bridgehead atoms. The molecule has 2 heterocycles. The van der Waals surface area contributed by atoms with Crippen LogP contribution in [-0.2, 0) is 16.6 Å². The van der Waals surface area contributed by atoms with Crippen LogP contribution in [0.25, 0.3) is 0 Å². The van der Waals surface area contributed by atoms with Gasteiger partial charge in [0.1, 0.15) is 5.76 Å². The second kappa shape index (κ2) is 7.14. The van der Waals surface area contributed by atoms with E-state index in [-0.39, 0.29) is 31.2 Å². The molecule has 0 aliphatic carbocycles. The fourth-order valence-corrected chi connectivity index (χ4v) is 3.02. The van der Waals surface area contributed by atoms with Gasteiger partial charge in [0, 0.05) is 19.5 Å². The molecule has 1 saturated heterocycles. The lowest BCUT2D eigenvalue weighted by Gasteiger charge is -2.31. The van der Waals surface area contributed by atoms with Crippen molar-refractivity contribution in [1.29, 1.82) is 0 Å². The van der Waals surface area contributed by atoms with Gasteiger partial charge in [-0.15, -0.1) is 0 Å². The number of carbonyl (C=O) groups excluding carboxylic acids is 1. The molecule has 1 aliphatic heterocycles. The molecule has 0 unspecified atom stereocenters. The first-order chi connectivity index (χ1) is 11.0. The molecule has 0 spiro atoms. The number of nitrogens with one attached hydrogen (secondary N) is 1. The lowest BCUT2D eigenvalue weighted by Crippen LogP contribution is -2.39. The monoisotopic (exact) mass is 368 g/mol. The fourth-order valence-electron chi connectivity index (χ4n) is 2.61. The highest BCUT2D eigenvalue weighted by atomic mass is 32.2. The topological polar surface area (TPSA) is 79.6 Å². The summed E-state index contributed by atoms with van der Waals surface area (Å²) >= 11 is 0. The zero-order chi connectivity index (χ0) is 18.0. The average molecular weight is 368 g/mol. The van der Waals surface area contributed by atoms with Crippen LogP contribution in [0.1, 0.15) is 35.6 Å². The molecule has 1 aromatic heterocycles. The van der Waals surface area contributed by atoms with Crippen LogP contribution in [0, 0.1) is 5.92 Å². The van der Waals surface area contributed by atoms with Crippen molar-refractivity contribution >= 4 is 15.9 Å². The van der Waals surface area contributed by atoms with Crippen molar-refractivity contribution in [3.05, 3.63) is 23.7 Å². The van der Waals surface area contributed by atoms with E-state index in [0.29, 0.717) is 12.8 Å². The number of hydrogen-bond acceptors (Lipinski definition) is 4. The lowest BCUT2D eigenvalue weighted by atomic mass is 9.93. The highest BCUT2D eigenvalue weighted by Crippen LogP contribution is 2.31. The molecule has 2 rings (SSSR count). The van der Waals surface area contributed by atoms with E-state index >= 15 is 0 Å². The number of hydrogen-bond donors (Lipinski definition) is 1. The molecule has 1 N–H and O–H groups in total. The van der Waals surface area contributed by atoms with Crippen molar-refractivity contribution in [2.45, 2.75) is 32.0 Å². The smallest absolute Gasteiger partial charge is 0.389 e. The fraction of sp³-hybridized carbons (Fsp3) is 0.643. The second-order valence-corrected chi connectivity index (χ2v) is 7.75. The summed E-state index contributed by atoms with van der Waals surface area (Å²) in [5, 5.41) is 0. The molecule has 1 amide bonds. The van der Waals surface area contributed by atoms with Crippen molar-refractivity contribution in [2.24, 2.45) is 5.92 Å². The van der Waals surface area contributed by atoms with Crippen LogP contribution < -0.4 is 4.72 Å². The molecular formula is C14H19F3N2O4S. The zero-order valence-corrected chi connectivity index (χ0v) is 13.9. The van der Waals surface area contributed by atoms with E-state index in [0.717, 1.165) is 6.26 Å². The molecule has 6 nitrogen and oxygen atoms in total. The molecule has 1 aromatic rings. The van der Waals surface area contributed by atoms with Gasteiger partial charge in [-0.2, -0.15) is 13.2 Å². The minimum Gasteiger partial charge on any atom is -0.455 e. The molecule has 1 fully saturated rings. The SMILES string of the molecule is CS(=O)(=O)NCc1ccc(C(=O)N2CCC(CC(F)(F)F)CC2)o1. The second-order valence-electron chi connectivity index (χ2n) is 5.91. The Morgan fingerprint density at radius 2 is 1.96 bits per heavy atom. The molecule has 136 valence electrons. The minimum atomic E-state index is -4.18. The summed E-state index contributed by atoms with van der Waals surface area (Å²) in [6.07, 6.45) is -3.40. The lowest BCUT2D eigenvalue weighted by molar-refractivity contribution is -0.147. The number of carbonyl (C=O) groups is 1. The van der Waals surface area contributed by atoms with Gasteiger partial charge in [0.15, 0.2) is 5.76 Å². The molecule has 10 heteroatoms. The highest BCUT2D eigenvalue weighted by molar-refractivity contribution is 7.88. The summed E-state index contributed by atoms with van der Waals surface area (Å²) in [5.74, 6) is -0.517. The number of furan rings is 1. The molecule has 0 aromatic carbocycles. The molecule has 0 saturated carbocycles. The summed E-state index contributed by atoms with van der Waals surface area (Å²) in [6.45, 7) is 0.425. The molecule has 0 radical (unpaired) electrons. The van der Waals surface area contributed by atoms with E-state index in [1.165, 1.54) is 17.0 Å². The summed E-state index contributed by atoms with van der Waals surface area (Å²) in [6, 6.07) is 2.92. The first-order valence-corrected chi connectivity index (χ1v) is 9.32. The van der Waals surface area contributed by atoms with Gasteiger partial charge >= 0.3 is 6.18 Å². The normalized spacial score (nSPS) is 17.2. The van der Waals surface area contributed by atoms with Crippen LogP contribution in [0.5, 0.6) is 0 Å². The van der Waals surface area contributed by atoms with Crippen molar-refractivity contribution in [1.82, 2.24) is 9.62 Å². The Hall–Kier alpha value is -1.55. The number of likely N-dealkylation sites (tertiary alicyclic amines) is 1. The van der Waals surface area contributed by atoms with E-state index < -0.39 is 34.4 Å². The van der Waals surface area contributed by atoms with E-state index in [1.54, 1.807) is 0 Å². The van der Waals surface area contributed by atoms with Gasteiger partial charge < -0.3 is 9.32 Å². The van der Waals surface area contributed by atoms with Gasteiger partial charge in [-0.3, -0.25) is 4.79 Å². The Bertz CT molecular complexity index is 676. The van der Waals surface area contributed by atoms with Crippen molar-refractivity contribution in [2.75, 3.05) is 19.3 Å². The first kappa shape index (κ1) is 18.8. The highest BCUT2D eigenvalue weighted by Gasteiger charge is 2.34. The predicted molar refractivity (Wildman–Crippen MR) is 79.7 cm³/mol. The van der Waals surface area contributed by atoms with E-state index in [4.69, 9.17) is 4.42 Å². The number of amides is 1. The largest absolute Gasteiger partial charge is 0.455 e. The van der Waals surface area contributed by atoms with Gasteiger partial charge in [-0.05, 0) is 30.9 Å². The van der Waals surface area contributed by atoms with E-state index in [9.17, 15) is 26.4 Å². The third kappa shape index (κ3) is 5.82. The summed E-state index contributed by atoms with van der Waals surface area (Å²) in [5.41, 5.74) is 0. The van der Waals surface area contributed by atoms with Crippen LogP contribution in [0.3, 0.4) is 0 Å². The van der Waals surface area contributed by atoms with Crippen LogP contribution in [0.4, 0.5) is 13.2 Å². The van der Waals surface area contributed by atoms with Crippen LogP contribution in [-0.4, -0.2) is 44.7 Å². The Kier molecular flexibility index (Phi) is 5.59. The predicted octanol–water partition coefficient (Wildman–Crippen LogP) is 2.13. The van der Waals surface area contributed by atoms with Gasteiger partial charge in [0.05, 0.1) is 12.8 Å². The summed E-state index contributed by atoms with van der Waals surface area (Å²) in [7, 11) is -3.37. The van der Waals surface area contributed by atoms with Gasteiger partial charge in [-0.25, -0.2) is 13.1 Å². The number of rotatable bonds is 5. The molecular weight excluding hydrogens is 349 g/mol. The molecule has 24 heavy (non-hydrogen) atoms. The Morgan fingerprint density at radius 3 is 2.50 bits per heavy atom. The number of nitrogens with zero attached hydrogens (tertiary/aromatic N) is 1. The third-order valence-corrected chi connectivity index (χ3v) is 4.47. The summed E-state index contributed by atoms with van der Waals surface area (Å²) < 4.78 is 66.7. The van der Waals surface area contributed by atoms with Crippen molar-refractivity contribution in [3.8, 4) is 0 Å².